The molecule has 1 atom stereocenters. The van der Waals surface area contributed by atoms with Crippen LogP contribution < -0.4 is 5.32 Å². The monoisotopic (exact) mass is 323 g/mol. The number of anilines is 1. The average Bonchev–Trinajstić information content (AvgIpc) is 3.24. The highest BCUT2D eigenvalue weighted by Gasteiger charge is 2.22. The van der Waals surface area contributed by atoms with Gasteiger partial charge in [0.15, 0.2) is 0 Å². The van der Waals surface area contributed by atoms with Crippen LogP contribution in [-0.4, -0.2) is 45.6 Å². The predicted molar refractivity (Wildman–Crippen MR) is 89.4 cm³/mol. The van der Waals surface area contributed by atoms with Gasteiger partial charge < -0.3 is 14.7 Å². The van der Waals surface area contributed by atoms with Gasteiger partial charge in [0.1, 0.15) is 5.82 Å². The molecule has 2 aromatic heterocycles. The molecule has 1 saturated heterocycles. The van der Waals surface area contributed by atoms with E-state index in [0.717, 1.165) is 41.5 Å². The van der Waals surface area contributed by atoms with E-state index in [1.54, 1.807) is 18.0 Å². The van der Waals surface area contributed by atoms with Gasteiger partial charge in [0.2, 0.25) is 18.1 Å². The summed E-state index contributed by atoms with van der Waals surface area (Å²) in [7, 11) is 0. The first kappa shape index (κ1) is 14.6. The Morgan fingerprint density at radius 2 is 2.29 bits per heavy atom. The lowest BCUT2D eigenvalue weighted by molar-refractivity contribution is -0.117. The topological polar surface area (TPSA) is 84.2 Å². The number of fused-ring (bicyclic) bond motifs is 1. The van der Waals surface area contributed by atoms with E-state index in [0.29, 0.717) is 18.3 Å². The van der Waals surface area contributed by atoms with Gasteiger partial charge in [-0.05, 0) is 23.9 Å². The van der Waals surface area contributed by atoms with E-state index in [9.17, 15) is 4.79 Å². The molecule has 1 unspecified atom stereocenters. The molecule has 0 saturated carbocycles. The molecule has 0 bridgehead atoms. The van der Waals surface area contributed by atoms with E-state index < -0.39 is 0 Å². The first-order chi connectivity index (χ1) is 11.7. The highest BCUT2D eigenvalue weighted by Crippen LogP contribution is 2.27. The Morgan fingerprint density at radius 3 is 3.04 bits per heavy atom. The summed E-state index contributed by atoms with van der Waals surface area (Å²) in [6.07, 6.45) is 3.60. The standard InChI is InChI=1S/C17H17N5O2/c1-11-19-16(21-24-11)13-3-2-12-4-6-18-17(15(12)8-13)20-14-5-7-22(9-14)10-23/h2-4,6,8,10,14H,5,7,9H2,1H3,(H,18,20). The molecule has 3 heterocycles. The third-order valence-corrected chi connectivity index (χ3v) is 4.26. The van der Waals surface area contributed by atoms with Crippen LogP contribution in [0.15, 0.2) is 35.0 Å². The fraction of sp³-hybridized carbons (Fsp3) is 0.294. The second-order valence-corrected chi connectivity index (χ2v) is 5.96. The molecule has 7 nitrogen and oxygen atoms in total. The molecule has 1 aliphatic heterocycles. The van der Waals surface area contributed by atoms with E-state index in [2.05, 4.69) is 20.4 Å². The van der Waals surface area contributed by atoms with Gasteiger partial charge >= 0.3 is 0 Å². The Hall–Kier alpha value is -2.96. The summed E-state index contributed by atoms with van der Waals surface area (Å²) in [5.74, 6) is 1.92. The Kier molecular flexibility index (Phi) is 3.60. The predicted octanol–water partition coefficient (Wildman–Crippen LogP) is 2.24. The van der Waals surface area contributed by atoms with Crippen molar-refractivity contribution >= 4 is 23.0 Å². The molecule has 122 valence electrons. The Balaban J connectivity index is 1.68. The van der Waals surface area contributed by atoms with E-state index in [1.165, 1.54) is 0 Å². The number of aromatic nitrogens is 3. The number of pyridine rings is 1. The van der Waals surface area contributed by atoms with Crippen molar-refractivity contribution in [1.29, 1.82) is 0 Å². The summed E-state index contributed by atoms with van der Waals surface area (Å²) in [4.78, 5) is 21.4. The highest BCUT2D eigenvalue weighted by atomic mass is 16.5. The van der Waals surface area contributed by atoms with E-state index in [-0.39, 0.29) is 6.04 Å². The maximum Gasteiger partial charge on any atom is 0.223 e. The number of rotatable bonds is 4. The summed E-state index contributed by atoms with van der Waals surface area (Å²) in [6.45, 7) is 3.25. The number of carbonyl (C=O) groups is 1. The molecule has 0 radical (unpaired) electrons. The zero-order chi connectivity index (χ0) is 16.5. The minimum atomic E-state index is 0.212. The largest absolute Gasteiger partial charge is 0.365 e. The summed E-state index contributed by atoms with van der Waals surface area (Å²) in [6, 6.07) is 8.19. The van der Waals surface area contributed by atoms with Crippen molar-refractivity contribution in [3.8, 4) is 11.4 Å². The maximum absolute atomic E-state index is 10.9. The fourth-order valence-corrected chi connectivity index (χ4v) is 3.03. The summed E-state index contributed by atoms with van der Waals surface area (Å²) < 4.78 is 5.06. The number of carbonyl (C=O) groups excluding carboxylic acids is 1. The second kappa shape index (κ2) is 5.92. The summed E-state index contributed by atoms with van der Waals surface area (Å²) in [5.41, 5.74) is 0.885. The number of likely N-dealkylation sites (tertiary alicyclic amines) is 1. The lowest BCUT2D eigenvalue weighted by Crippen LogP contribution is -2.25. The first-order valence-corrected chi connectivity index (χ1v) is 7.88. The molecule has 3 aromatic rings. The van der Waals surface area contributed by atoms with Crippen molar-refractivity contribution in [2.45, 2.75) is 19.4 Å². The Labute approximate surface area is 138 Å². The Morgan fingerprint density at radius 1 is 1.38 bits per heavy atom. The van der Waals surface area contributed by atoms with Gasteiger partial charge in [-0.15, -0.1) is 0 Å². The van der Waals surface area contributed by atoms with Crippen molar-refractivity contribution in [2.75, 3.05) is 18.4 Å². The third kappa shape index (κ3) is 2.68. The molecule has 0 spiro atoms. The van der Waals surface area contributed by atoms with Crippen LogP contribution in [0.4, 0.5) is 5.82 Å². The fourth-order valence-electron chi connectivity index (χ4n) is 3.03. The van der Waals surface area contributed by atoms with Crippen molar-refractivity contribution < 1.29 is 9.32 Å². The number of benzene rings is 1. The van der Waals surface area contributed by atoms with Gasteiger partial charge in [0.25, 0.3) is 0 Å². The molecule has 7 heteroatoms. The van der Waals surface area contributed by atoms with Crippen molar-refractivity contribution in [1.82, 2.24) is 20.0 Å². The smallest absolute Gasteiger partial charge is 0.223 e. The molecule has 24 heavy (non-hydrogen) atoms. The third-order valence-electron chi connectivity index (χ3n) is 4.26. The van der Waals surface area contributed by atoms with Crippen LogP contribution in [0.1, 0.15) is 12.3 Å². The van der Waals surface area contributed by atoms with Gasteiger partial charge in [-0.1, -0.05) is 17.3 Å². The second-order valence-electron chi connectivity index (χ2n) is 5.96. The van der Waals surface area contributed by atoms with Crippen LogP contribution in [0, 0.1) is 6.92 Å². The van der Waals surface area contributed by atoms with Crippen molar-refractivity contribution in [3.63, 3.8) is 0 Å². The molecule has 1 N–H and O–H groups in total. The van der Waals surface area contributed by atoms with Crippen LogP contribution in [-0.2, 0) is 4.79 Å². The van der Waals surface area contributed by atoms with Crippen LogP contribution in [0.2, 0.25) is 0 Å². The van der Waals surface area contributed by atoms with Crippen LogP contribution >= 0.6 is 0 Å². The van der Waals surface area contributed by atoms with Crippen LogP contribution in [0.5, 0.6) is 0 Å². The zero-order valence-corrected chi connectivity index (χ0v) is 13.3. The van der Waals surface area contributed by atoms with E-state index >= 15 is 0 Å². The first-order valence-electron chi connectivity index (χ1n) is 7.88. The number of aryl methyl sites for hydroxylation is 1. The van der Waals surface area contributed by atoms with Gasteiger partial charge in [-0.25, -0.2) is 4.98 Å². The number of amides is 1. The summed E-state index contributed by atoms with van der Waals surface area (Å²) >= 11 is 0. The molecule has 1 aliphatic rings. The molecule has 1 fully saturated rings. The lowest BCUT2D eigenvalue weighted by atomic mass is 10.1. The van der Waals surface area contributed by atoms with Gasteiger partial charge in [0, 0.05) is 43.2 Å². The zero-order valence-electron chi connectivity index (χ0n) is 13.3. The molecule has 4 rings (SSSR count). The molecular formula is C17H17N5O2. The molecular weight excluding hydrogens is 306 g/mol. The quantitative estimate of drug-likeness (QED) is 0.741. The average molecular weight is 323 g/mol. The number of nitrogens with zero attached hydrogens (tertiary/aromatic N) is 4. The number of hydrogen-bond donors (Lipinski definition) is 1. The lowest BCUT2D eigenvalue weighted by Gasteiger charge is -2.15. The van der Waals surface area contributed by atoms with Gasteiger partial charge in [-0.3, -0.25) is 4.79 Å². The van der Waals surface area contributed by atoms with Crippen LogP contribution in [0.25, 0.3) is 22.2 Å². The van der Waals surface area contributed by atoms with Crippen molar-refractivity contribution in [2.24, 2.45) is 0 Å². The minimum Gasteiger partial charge on any atom is -0.365 e. The SMILES string of the molecule is Cc1nc(-c2ccc3ccnc(NC4CCN(C=O)C4)c3c2)no1. The normalized spacial score (nSPS) is 17.4. The molecule has 1 aromatic carbocycles. The Bertz CT molecular complexity index is 892. The maximum atomic E-state index is 10.9. The summed E-state index contributed by atoms with van der Waals surface area (Å²) in [5, 5.41) is 9.52. The number of hydrogen-bond acceptors (Lipinski definition) is 6. The van der Waals surface area contributed by atoms with Gasteiger partial charge in [-0.2, -0.15) is 4.98 Å². The van der Waals surface area contributed by atoms with Crippen LogP contribution in [0.3, 0.4) is 0 Å². The van der Waals surface area contributed by atoms with E-state index in [4.69, 9.17) is 4.52 Å². The minimum absolute atomic E-state index is 0.212. The molecule has 0 aliphatic carbocycles. The van der Waals surface area contributed by atoms with Crippen molar-refractivity contribution in [3.05, 3.63) is 36.4 Å². The number of nitrogens with one attached hydrogen (secondary N) is 1. The highest BCUT2D eigenvalue weighted by molar-refractivity contribution is 5.94. The van der Waals surface area contributed by atoms with E-state index in [1.807, 2.05) is 24.3 Å². The van der Waals surface area contributed by atoms with Gasteiger partial charge in [0.05, 0.1) is 0 Å². The molecule has 1 amide bonds.